The van der Waals surface area contributed by atoms with E-state index in [-0.39, 0.29) is 18.3 Å². The van der Waals surface area contributed by atoms with Crippen LogP contribution in [0, 0.1) is 5.92 Å². The second kappa shape index (κ2) is 7.56. The van der Waals surface area contributed by atoms with Crippen LogP contribution in [0.4, 0.5) is 16.2 Å². The number of H-pyrrole nitrogens is 1. The number of nitrogens with zero attached hydrogens (tertiary/aromatic N) is 1. The zero-order chi connectivity index (χ0) is 19.5. The fraction of sp³-hybridized carbons (Fsp3) is 0.190. The van der Waals surface area contributed by atoms with Crippen molar-refractivity contribution in [1.29, 1.82) is 0 Å². The van der Waals surface area contributed by atoms with Crippen LogP contribution in [0.3, 0.4) is 0 Å². The average Bonchev–Trinajstić information content (AvgIpc) is 3.06. The number of aromatic amines is 1. The number of amides is 1. The second-order valence-corrected chi connectivity index (χ2v) is 6.78. The molecule has 28 heavy (non-hydrogen) atoms. The van der Waals surface area contributed by atoms with Gasteiger partial charge in [0.1, 0.15) is 0 Å². The smallest absolute Gasteiger partial charge is 0.404 e. The third-order valence-electron chi connectivity index (χ3n) is 4.80. The predicted molar refractivity (Wildman–Crippen MR) is 105 cm³/mol. The number of primary amides is 1. The third kappa shape index (κ3) is 3.59. The van der Waals surface area contributed by atoms with Gasteiger partial charge >= 0.3 is 6.09 Å². The van der Waals surface area contributed by atoms with Gasteiger partial charge in [-0.15, -0.1) is 0 Å². The van der Waals surface area contributed by atoms with Crippen molar-refractivity contribution < 1.29 is 14.3 Å². The number of nitrogens with one attached hydrogen (secondary N) is 2. The lowest BCUT2D eigenvalue weighted by Gasteiger charge is -2.21. The Bertz CT molecular complexity index is 999. The van der Waals surface area contributed by atoms with E-state index in [9.17, 15) is 9.59 Å². The molecule has 0 saturated carbocycles. The van der Waals surface area contributed by atoms with Gasteiger partial charge in [0, 0.05) is 41.7 Å². The summed E-state index contributed by atoms with van der Waals surface area (Å²) in [5, 5.41) is 3.40. The number of Topliss-reactive ketones (excluding diaryl/α,β-unsaturated/α-hetero) is 1. The van der Waals surface area contributed by atoms with Gasteiger partial charge in [0.25, 0.3) is 0 Å². The molecule has 0 fully saturated rings. The van der Waals surface area contributed by atoms with Crippen molar-refractivity contribution in [3.05, 3.63) is 66.1 Å². The minimum atomic E-state index is -0.825. The number of ether oxygens (including phenoxy) is 1. The van der Waals surface area contributed by atoms with Crippen LogP contribution in [0.2, 0.25) is 0 Å². The Balaban J connectivity index is 1.74. The van der Waals surface area contributed by atoms with E-state index < -0.39 is 6.09 Å². The quantitative estimate of drug-likeness (QED) is 0.629. The number of anilines is 2. The highest BCUT2D eigenvalue weighted by Gasteiger charge is 2.32. The lowest BCUT2D eigenvalue weighted by atomic mass is 9.86. The summed E-state index contributed by atoms with van der Waals surface area (Å²) >= 11 is 0. The van der Waals surface area contributed by atoms with Gasteiger partial charge in [-0.05, 0) is 30.7 Å². The number of hydrogen-bond donors (Lipinski definition) is 3. The zero-order valence-electron chi connectivity index (χ0n) is 15.1. The Morgan fingerprint density at radius 2 is 1.93 bits per heavy atom. The molecule has 1 unspecified atom stereocenters. The Morgan fingerprint density at radius 1 is 1.18 bits per heavy atom. The first-order valence-electron chi connectivity index (χ1n) is 9.04. The van der Waals surface area contributed by atoms with E-state index >= 15 is 0 Å². The summed E-state index contributed by atoms with van der Waals surface area (Å²) in [6, 6.07) is 13.5. The molecule has 0 saturated heterocycles. The minimum Gasteiger partial charge on any atom is -0.449 e. The van der Waals surface area contributed by atoms with Crippen molar-refractivity contribution in [2.24, 2.45) is 11.7 Å². The number of aromatic nitrogens is 2. The lowest BCUT2D eigenvalue weighted by Crippen LogP contribution is -2.26. The summed E-state index contributed by atoms with van der Waals surface area (Å²) in [6.45, 7) is 0.131. The first-order valence-corrected chi connectivity index (χ1v) is 9.04. The number of pyridine rings is 1. The molecule has 0 spiro atoms. The van der Waals surface area contributed by atoms with Crippen LogP contribution < -0.4 is 11.1 Å². The van der Waals surface area contributed by atoms with Crippen LogP contribution in [-0.4, -0.2) is 28.5 Å². The van der Waals surface area contributed by atoms with E-state index in [1.807, 2.05) is 42.5 Å². The predicted octanol–water partition coefficient (Wildman–Crippen LogP) is 3.66. The molecule has 2 aromatic heterocycles. The molecule has 142 valence electrons. The number of para-hydroxylation sites is 1. The fourth-order valence-corrected chi connectivity index (χ4v) is 3.58. The number of hydrogen-bond acceptors (Lipinski definition) is 5. The SMILES string of the molecule is NC(=O)OCC1CC(=O)c2c([nH]c(-c3ccncc3)c2Nc2ccccc2)C1. The summed E-state index contributed by atoms with van der Waals surface area (Å²) in [4.78, 5) is 31.3. The second-order valence-electron chi connectivity index (χ2n) is 6.78. The fourth-order valence-electron chi connectivity index (χ4n) is 3.58. The molecule has 1 atom stereocenters. The molecule has 1 aromatic carbocycles. The monoisotopic (exact) mass is 376 g/mol. The molecule has 7 heteroatoms. The molecule has 1 amide bonds. The summed E-state index contributed by atoms with van der Waals surface area (Å²) in [5.74, 6) is -0.0877. The van der Waals surface area contributed by atoms with Crippen molar-refractivity contribution in [3.8, 4) is 11.3 Å². The summed E-state index contributed by atoms with van der Waals surface area (Å²) in [7, 11) is 0. The van der Waals surface area contributed by atoms with Gasteiger partial charge in [-0.1, -0.05) is 18.2 Å². The molecule has 3 aromatic rings. The largest absolute Gasteiger partial charge is 0.449 e. The van der Waals surface area contributed by atoms with Crippen LogP contribution >= 0.6 is 0 Å². The first kappa shape index (κ1) is 17.8. The average molecular weight is 376 g/mol. The maximum Gasteiger partial charge on any atom is 0.404 e. The van der Waals surface area contributed by atoms with Crippen LogP contribution in [-0.2, 0) is 11.2 Å². The van der Waals surface area contributed by atoms with Gasteiger partial charge in [0.05, 0.1) is 23.6 Å². The number of benzene rings is 1. The lowest BCUT2D eigenvalue weighted by molar-refractivity contribution is 0.0890. The first-order chi connectivity index (χ1) is 13.6. The van der Waals surface area contributed by atoms with E-state index in [1.54, 1.807) is 12.4 Å². The van der Waals surface area contributed by atoms with E-state index in [2.05, 4.69) is 15.3 Å². The summed E-state index contributed by atoms with van der Waals surface area (Å²) in [5.41, 5.74) is 9.97. The van der Waals surface area contributed by atoms with E-state index in [0.29, 0.717) is 18.4 Å². The molecule has 0 radical (unpaired) electrons. The number of carbonyl (C=O) groups is 2. The normalized spacial score (nSPS) is 15.7. The van der Waals surface area contributed by atoms with Crippen LogP contribution in [0.1, 0.15) is 22.5 Å². The number of rotatable bonds is 5. The molecular formula is C21H20N4O3. The van der Waals surface area contributed by atoms with Crippen molar-refractivity contribution in [1.82, 2.24) is 9.97 Å². The van der Waals surface area contributed by atoms with Crippen molar-refractivity contribution in [2.45, 2.75) is 12.8 Å². The number of carbonyl (C=O) groups excluding carboxylic acids is 2. The Kier molecular flexibility index (Phi) is 4.80. The standard InChI is InChI=1S/C21H20N4O3/c22-21(27)28-12-13-10-16-18(17(26)11-13)20(24-15-4-2-1-3-5-15)19(25-16)14-6-8-23-9-7-14/h1-9,13,24-25H,10-12H2,(H2,22,27). The highest BCUT2D eigenvalue weighted by molar-refractivity contribution is 6.07. The van der Waals surface area contributed by atoms with Crippen LogP contribution in [0.25, 0.3) is 11.3 Å². The maximum atomic E-state index is 13.0. The highest BCUT2D eigenvalue weighted by Crippen LogP contribution is 2.39. The summed E-state index contributed by atoms with van der Waals surface area (Å²) in [6.07, 6.45) is 3.51. The maximum absolute atomic E-state index is 13.0. The van der Waals surface area contributed by atoms with Crippen molar-refractivity contribution in [2.75, 3.05) is 11.9 Å². The third-order valence-corrected chi connectivity index (χ3v) is 4.80. The molecule has 4 rings (SSSR count). The minimum absolute atomic E-state index is 0.00862. The zero-order valence-corrected chi connectivity index (χ0v) is 15.1. The number of nitrogens with two attached hydrogens (primary N) is 1. The molecule has 0 bridgehead atoms. The van der Waals surface area contributed by atoms with Crippen LogP contribution in [0.5, 0.6) is 0 Å². The molecular weight excluding hydrogens is 356 g/mol. The molecule has 0 aliphatic heterocycles. The highest BCUT2D eigenvalue weighted by atomic mass is 16.5. The van der Waals surface area contributed by atoms with Gasteiger partial charge in [-0.2, -0.15) is 0 Å². The van der Waals surface area contributed by atoms with E-state index in [0.717, 1.165) is 28.3 Å². The molecule has 1 aliphatic rings. The van der Waals surface area contributed by atoms with Gasteiger partial charge in [-0.25, -0.2) is 4.79 Å². The van der Waals surface area contributed by atoms with E-state index in [4.69, 9.17) is 10.5 Å². The van der Waals surface area contributed by atoms with Gasteiger partial charge in [0.15, 0.2) is 5.78 Å². The Labute approximate surface area is 161 Å². The van der Waals surface area contributed by atoms with Crippen molar-refractivity contribution >= 4 is 23.3 Å². The Hall–Kier alpha value is -3.61. The summed E-state index contributed by atoms with van der Waals surface area (Å²) < 4.78 is 4.91. The molecule has 4 N–H and O–H groups in total. The molecule has 1 aliphatic carbocycles. The number of ketones is 1. The van der Waals surface area contributed by atoms with Crippen molar-refractivity contribution in [3.63, 3.8) is 0 Å². The molecule has 2 heterocycles. The van der Waals surface area contributed by atoms with E-state index in [1.165, 1.54) is 0 Å². The van der Waals surface area contributed by atoms with Gasteiger partial charge in [-0.3, -0.25) is 9.78 Å². The number of fused-ring (bicyclic) bond motifs is 1. The Morgan fingerprint density at radius 3 is 2.64 bits per heavy atom. The van der Waals surface area contributed by atoms with Gasteiger partial charge < -0.3 is 20.8 Å². The molecule has 7 nitrogen and oxygen atoms in total. The van der Waals surface area contributed by atoms with Gasteiger partial charge in [0.2, 0.25) is 0 Å². The topological polar surface area (TPSA) is 110 Å². The van der Waals surface area contributed by atoms with Crippen LogP contribution in [0.15, 0.2) is 54.9 Å².